The second-order valence-corrected chi connectivity index (χ2v) is 10.8. The van der Waals surface area contributed by atoms with E-state index in [4.69, 9.17) is 9.47 Å². The van der Waals surface area contributed by atoms with Gasteiger partial charge in [0.15, 0.2) is 5.82 Å². The minimum atomic E-state index is -2.80. The van der Waals surface area contributed by atoms with Crippen LogP contribution in [0.15, 0.2) is 30.3 Å². The third-order valence-corrected chi connectivity index (χ3v) is 7.89. The fourth-order valence-electron chi connectivity index (χ4n) is 5.81. The number of aromatic nitrogens is 4. The number of imidazole rings is 1. The van der Waals surface area contributed by atoms with Gasteiger partial charge in [-0.1, -0.05) is 12.1 Å². The van der Waals surface area contributed by atoms with E-state index in [1.807, 2.05) is 9.80 Å². The molecule has 2 aliphatic heterocycles. The molecular formula is C28H34F3N7O3. The first-order chi connectivity index (χ1) is 19.9. The number of hydrogen-bond acceptors (Lipinski definition) is 8. The number of fused-ring (bicyclic) bond motifs is 1. The van der Waals surface area contributed by atoms with Gasteiger partial charge in [0.2, 0.25) is 17.7 Å². The Hall–Kier alpha value is -3.45. The fraction of sp³-hybridized carbons (Fsp3) is 0.571. The smallest absolute Gasteiger partial charge is 0.296 e. The third kappa shape index (κ3) is 6.40. The topological polar surface area (TPSA) is 97.6 Å². The zero-order valence-electron chi connectivity index (χ0n) is 22.7. The molecule has 2 saturated heterocycles. The normalized spacial score (nSPS) is 23.8. The number of benzene rings is 1. The molecule has 4 heterocycles. The predicted molar refractivity (Wildman–Crippen MR) is 145 cm³/mol. The highest BCUT2D eigenvalue weighted by Crippen LogP contribution is 2.31. The van der Waals surface area contributed by atoms with Crippen LogP contribution in [0.1, 0.15) is 44.4 Å². The number of alkyl halides is 3. The number of anilines is 1. The van der Waals surface area contributed by atoms with Crippen molar-refractivity contribution in [3.05, 3.63) is 36.2 Å². The average molecular weight is 574 g/mol. The zero-order valence-corrected chi connectivity index (χ0v) is 22.7. The first-order valence-electron chi connectivity index (χ1n) is 14.2. The summed E-state index contributed by atoms with van der Waals surface area (Å²) < 4.78 is 54.8. The minimum Gasteiger partial charge on any atom is -0.474 e. The van der Waals surface area contributed by atoms with Gasteiger partial charge in [0.25, 0.3) is 6.43 Å². The molecule has 0 radical (unpaired) electrons. The number of morpholine rings is 1. The number of para-hydroxylation sites is 2. The Morgan fingerprint density at radius 3 is 2.56 bits per heavy atom. The number of rotatable bonds is 8. The molecule has 1 aliphatic carbocycles. The zero-order chi connectivity index (χ0) is 28.3. The van der Waals surface area contributed by atoms with Crippen LogP contribution in [-0.4, -0.2) is 94.6 Å². The van der Waals surface area contributed by atoms with Crippen LogP contribution in [0.2, 0.25) is 0 Å². The lowest BCUT2D eigenvalue weighted by Gasteiger charge is -2.30. The molecule has 1 N–H and O–H groups in total. The molecule has 3 fully saturated rings. The van der Waals surface area contributed by atoms with Crippen molar-refractivity contribution in [2.45, 2.75) is 56.8 Å². The van der Waals surface area contributed by atoms with Crippen LogP contribution in [-0.2, 0) is 9.53 Å². The van der Waals surface area contributed by atoms with Crippen LogP contribution in [0.4, 0.5) is 19.1 Å². The summed E-state index contributed by atoms with van der Waals surface area (Å²) in [4.78, 5) is 29.7. The third-order valence-electron chi connectivity index (χ3n) is 7.89. The number of ether oxygens (including phenoxy) is 2. The van der Waals surface area contributed by atoms with Crippen LogP contribution in [0, 0.1) is 0 Å². The van der Waals surface area contributed by atoms with E-state index in [1.165, 1.54) is 4.57 Å². The Bertz CT molecular complexity index is 1360. The van der Waals surface area contributed by atoms with E-state index in [-0.39, 0.29) is 30.4 Å². The second-order valence-electron chi connectivity index (χ2n) is 10.8. The van der Waals surface area contributed by atoms with Crippen molar-refractivity contribution in [2.75, 3.05) is 50.8 Å². The van der Waals surface area contributed by atoms with Crippen LogP contribution < -0.4 is 15.0 Å². The Labute approximate surface area is 235 Å². The number of carbonyl (C=O) groups is 1. The van der Waals surface area contributed by atoms with Gasteiger partial charge in [0.1, 0.15) is 18.1 Å². The maximum absolute atomic E-state index is 14.1. The largest absolute Gasteiger partial charge is 0.474 e. The van der Waals surface area contributed by atoms with Crippen molar-refractivity contribution in [3.63, 3.8) is 0 Å². The summed E-state index contributed by atoms with van der Waals surface area (Å²) in [6, 6.07) is 8.58. The van der Waals surface area contributed by atoms with Gasteiger partial charge < -0.3 is 19.7 Å². The summed E-state index contributed by atoms with van der Waals surface area (Å²) in [6.45, 7) is 3.32. The van der Waals surface area contributed by atoms with Crippen LogP contribution in [0.3, 0.4) is 0 Å². The molecule has 0 spiro atoms. The number of halogens is 3. The van der Waals surface area contributed by atoms with Gasteiger partial charge in [-0.05, 0) is 44.2 Å². The predicted octanol–water partition coefficient (Wildman–Crippen LogP) is 3.44. The molecule has 41 heavy (non-hydrogen) atoms. The van der Waals surface area contributed by atoms with Gasteiger partial charge in [0, 0.05) is 38.3 Å². The Kier molecular flexibility index (Phi) is 8.24. The summed E-state index contributed by atoms with van der Waals surface area (Å²) in [5.74, 6) is 0.477. The molecule has 1 aromatic carbocycles. The van der Waals surface area contributed by atoms with E-state index in [2.05, 4.69) is 20.3 Å². The molecule has 10 nitrogen and oxygen atoms in total. The van der Waals surface area contributed by atoms with Crippen molar-refractivity contribution in [1.29, 1.82) is 0 Å². The molecule has 0 unspecified atom stereocenters. The average Bonchev–Trinajstić information content (AvgIpc) is 3.57. The lowest BCUT2D eigenvalue weighted by atomic mass is 9.93. The van der Waals surface area contributed by atoms with Crippen LogP contribution >= 0.6 is 0 Å². The van der Waals surface area contributed by atoms with Crippen molar-refractivity contribution >= 4 is 22.9 Å². The quantitative estimate of drug-likeness (QED) is 0.438. The lowest BCUT2D eigenvalue weighted by molar-refractivity contribution is -0.123. The number of hydrogen-bond donors (Lipinski definition) is 1. The van der Waals surface area contributed by atoms with Gasteiger partial charge in [-0.3, -0.25) is 14.3 Å². The second kappa shape index (κ2) is 12.2. The summed E-state index contributed by atoms with van der Waals surface area (Å²) in [6.07, 6.45) is -0.458. The summed E-state index contributed by atoms with van der Waals surface area (Å²) in [5, 5.41) is 3.07. The number of likely N-dealkylation sites (tertiary alicyclic amines) is 1. The van der Waals surface area contributed by atoms with E-state index >= 15 is 0 Å². The van der Waals surface area contributed by atoms with Crippen molar-refractivity contribution in [1.82, 2.24) is 29.7 Å². The van der Waals surface area contributed by atoms with Crippen molar-refractivity contribution < 1.29 is 27.4 Å². The number of nitrogens with one attached hydrogen (secondary N) is 1. The fourth-order valence-corrected chi connectivity index (χ4v) is 5.81. The molecule has 1 amide bonds. The number of carbonyl (C=O) groups excluding carboxylic acids is 1. The molecule has 220 valence electrons. The molecule has 0 bridgehead atoms. The first-order valence-corrected chi connectivity index (χ1v) is 14.2. The monoisotopic (exact) mass is 573 g/mol. The van der Waals surface area contributed by atoms with Gasteiger partial charge in [-0.15, -0.1) is 0 Å². The van der Waals surface area contributed by atoms with Gasteiger partial charge in [-0.25, -0.2) is 18.2 Å². The molecule has 13 heteroatoms. The van der Waals surface area contributed by atoms with E-state index in [9.17, 15) is 18.0 Å². The lowest BCUT2D eigenvalue weighted by Crippen LogP contribution is -2.44. The summed E-state index contributed by atoms with van der Waals surface area (Å²) in [5.41, 5.74) is 0.971. The highest BCUT2D eigenvalue weighted by Gasteiger charge is 2.28. The van der Waals surface area contributed by atoms with E-state index in [1.54, 1.807) is 30.3 Å². The van der Waals surface area contributed by atoms with Gasteiger partial charge in [-0.2, -0.15) is 9.97 Å². The van der Waals surface area contributed by atoms with Gasteiger partial charge >= 0.3 is 0 Å². The van der Waals surface area contributed by atoms with Crippen molar-refractivity contribution in [3.8, 4) is 11.7 Å². The van der Waals surface area contributed by atoms with E-state index in [0.717, 1.165) is 12.8 Å². The summed E-state index contributed by atoms with van der Waals surface area (Å²) >= 11 is 0. The van der Waals surface area contributed by atoms with E-state index < -0.39 is 18.4 Å². The van der Waals surface area contributed by atoms with Crippen molar-refractivity contribution in [2.24, 2.45) is 0 Å². The van der Waals surface area contributed by atoms with Crippen LogP contribution in [0.25, 0.3) is 16.9 Å². The standard InChI is InChI=1S/C28H34F3N7O3/c29-18-9-10-36(16-18)17-24(39)32-19-5-7-20(8-6-19)41-25-15-23(34-28(35-25)37-11-13-40-14-12-37)38-22-4-2-1-3-21(22)33-27(38)26(30)31/h1-4,15,18-20,26H,5-14,16-17H2,(H,32,39)/t18-,19?,20?/m0/s1. The summed E-state index contributed by atoms with van der Waals surface area (Å²) in [7, 11) is 0. The molecule has 1 saturated carbocycles. The highest BCUT2D eigenvalue weighted by atomic mass is 19.3. The Morgan fingerprint density at radius 1 is 1.05 bits per heavy atom. The molecular weight excluding hydrogens is 539 g/mol. The SMILES string of the molecule is O=C(CN1CC[C@H](F)C1)NC1CCC(Oc2cc(-n3c(C(F)F)nc4ccccc43)nc(N3CCOCC3)n2)CC1. The van der Waals surface area contributed by atoms with Crippen LogP contribution in [0.5, 0.6) is 5.88 Å². The minimum absolute atomic E-state index is 0.0295. The Balaban J connectivity index is 1.18. The number of nitrogens with zero attached hydrogens (tertiary/aromatic N) is 6. The van der Waals surface area contributed by atoms with E-state index in [0.29, 0.717) is 81.5 Å². The van der Waals surface area contributed by atoms with Gasteiger partial charge in [0.05, 0.1) is 30.8 Å². The molecule has 1 atom stereocenters. The number of amides is 1. The maximum Gasteiger partial charge on any atom is 0.296 e. The first kappa shape index (κ1) is 27.7. The molecule has 3 aliphatic rings. The molecule has 2 aromatic heterocycles. The maximum atomic E-state index is 14.1. The Morgan fingerprint density at radius 2 is 1.83 bits per heavy atom. The highest BCUT2D eigenvalue weighted by molar-refractivity contribution is 5.78. The molecule has 3 aromatic rings. The molecule has 6 rings (SSSR count).